The predicted octanol–water partition coefficient (Wildman–Crippen LogP) is 3.06. The standard InChI is InChI=1S/C17H26N4S.HI/c18-17(19-12-14-2-1-3-14)20-13-15-4-6-16(7-5-15)21-8-10-22-11-9-21;/h4-7,14H,1-3,8-13H2,(H3,18,19,20);1H. The molecular weight excluding hydrogens is 419 g/mol. The van der Waals surface area contributed by atoms with Gasteiger partial charge in [0.15, 0.2) is 5.96 Å². The number of nitrogens with two attached hydrogens (primary N) is 1. The van der Waals surface area contributed by atoms with E-state index in [4.69, 9.17) is 5.73 Å². The van der Waals surface area contributed by atoms with Crippen molar-refractivity contribution >= 4 is 47.4 Å². The number of guanidine groups is 1. The van der Waals surface area contributed by atoms with Gasteiger partial charge in [0.2, 0.25) is 0 Å². The zero-order chi connectivity index (χ0) is 15.2. The van der Waals surface area contributed by atoms with Gasteiger partial charge in [-0.2, -0.15) is 11.8 Å². The molecular formula is C17H27IN4S. The van der Waals surface area contributed by atoms with Crippen LogP contribution in [-0.2, 0) is 6.54 Å². The van der Waals surface area contributed by atoms with Gasteiger partial charge in [-0.25, -0.2) is 4.99 Å². The molecule has 0 atom stereocenters. The first-order chi connectivity index (χ1) is 10.8. The molecule has 23 heavy (non-hydrogen) atoms. The molecule has 0 unspecified atom stereocenters. The fraction of sp³-hybridized carbons (Fsp3) is 0.588. The maximum atomic E-state index is 5.92. The van der Waals surface area contributed by atoms with E-state index in [0.717, 1.165) is 25.6 Å². The minimum Gasteiger partial charge on any atom is -0.370 e. The monoisotopic (exact) mass is 446 g/mol. The highest BCUT2D eigenvalue weighted by Crippen LogP contribution is 2.25. The molecule has 3 rings (SSSR count). The number of rotatable bonds is 5. The van der Waals surface area contributed by atoms with E-state index in [-0.39, 0.29) is 24.0 Å². The van der Waals surface area contributed by atoms with Gasteiger partial charge in [-0.15, -0.1) is 24.0 Å². The van der Waals surface area contributed by atoms with E-state index in [9.17, 15) is 0 Å². The largest absolute Gasteiger partial charge is 0.370 e. The molecule has 2 aliphatic rings. The molecule has 1 saturated heterocycles. The lowest BCUT2D eigenvalue weighted by Crippen LogP contribution is -2.37. The van der Waals surface area contributed by atoms with E-state index in [2.05, 4.69) is 39.5 Å². The lowest BCUT2D eigenvalue weighted by molar-refractivity contribution is 0.315. The predicted molar refractivity (Wildman–Crippen MR) is 112 cm³/mol. The number of thioether (sulfide) groups is 1. The second-order valence-electron chi connectivity index (χ2n) is 6.15. The van der Waals surface area contributed by atoms with Gasteiger partial charge in [-0.1, -0.05) is 18.6 Å². The van der Waals surface area contributed by atoms with Crippen LogP contribution in [0.1, 0.15) is 24.8 Å². The highest BCUT2D eigenvalue weighted by Gasteiger charge is 2.16. The van der Waals surface area contributed by atoms with Crippen LogP contribution in [0.3, 0.4) is 0 Å². The Morgan fingerprint density at radius 1 is 1.22 bits per heavy atom. The molecule has 1 aromatic carbocycles. The quantitative estimate of drug-likeness (QED) is 0.415. The van der Waals surface area contributed by atoms with Crippen molar-refractivity contribution in [2.45, 2.75) is 25.8 Å². The van der Waals surface area contributed by atoms with Crippen LogP contribution in [0.15, 0.2) is 29.3 Å². The summed E-state index contributed by atoms with van der Waals surface area (Å²) in [5, 5.41) is 3.24. The molecule has 0 amide bonds. The molecule has 2 fully saturated rings. The summed E-state index contributed by atoms with van der Waals surface area (Å²) < 4.78 is 0. The van der Waals surface area contributed by atoms with Crippen LogP contribution in [-0.4, -0.2) is 37.1 Å². The Morgan fingerprint density at radius 3 is 2.52 bits per heavy atom. The molecule has 1 aliphatic carbocycles. The molecule has 0 radical (unpaired) electrons. The Hall–Kier alpha value is -0.630. The molecule has 0 aromatic heterocycles. The van der Waals surface area contributed by atoms with Gasteiger partial charge in [0.1, 0.15) is 0 Å². The molecule has 1 heterocycles. The number of anilines is 1. The summed E-state index contributed by atoms with van der Waals surface area (Å²) in [5.74, 6) is 3.84. The summed E-state index contributed by atoms with van der Waals surface area (Å²) in [6.45, 7) is 3.93. The van der Waals surface area contributed by atoms with E-state index >= 15 is 0 Å². The van der Waals surface area contributed by atoms with Gasteiger partial charge in [0.25, 0.3) is 0 Å². The Kier molecular flexibility index (Phi) is 7.82. The van der Waals surface area contributed by atoms with E-state index in [1.54, 1.807) is 0 Å². The SMILES string of the molecule is I.NC(=NCc1ccc(N2CCSCC2)cc1)NCC1CCC1. The van der Waals surface area contributed by atoms with E-state index in [1.807, 2.05) is 11.8 Å². The van der Waals surface area contributed by atoms with Gasteiger partial charge in [0.05, 0.1) is 6.54 Å². The van der Waals surface area contributed by atoms with Gasteiger partial charge in [-0.05, 0) is 36.5 Å². The van der Waals surface area contributed by atoms with Crippen molar-refractivity contribution < 1.29 is 0 Å². The van der Waals surface area contributed by atoms with E-state index < -0.39 is 0 Å². The van der Waals surface area contributed by atoms with Crippen LogP contribution >= 0.6 is 35.7 Å². The normalized spacial score (nSPS) is 19.0. The number of nitrogens with zero attached hydrogens (tertiary/aromatic N) is 2. The molecule has 1 aliphatic heterocycles. The topological polar surface area (TPSA) is 53.6 Å². The number of hydrogen-bond acceptors (Lipinski definition) is 3. The summed E-state index contributed by atoms with van der Waals surface area (Å²) >= 11 is 2.04. The summed E-state index contributed by atoms with van der Waals surface area (Å²) in [5.41, 5.74) is 8.46. The zero-order valence-electron chi connectivity index (χ0n) is 13.5. The third-order valence-corrected chi connectivity index (χ3v) is 5.48. The third kappa shape index (κ3) is 5.74. The Labute approximate surface area is 160 Å². The minimum absolute atomic E-state index is 0. The highest BCUT2D eigenvalue weighted by molar-refractivity contribution is 14.0. The first-order valence-electron chi connectivity index (χ1n) is 8.27. The Bertz CT molecular complexity index is 496. The van der Waals surface area contributed by atoms with Crippen molar-refractivity contribution in [3.63, 3.8) is 0 Å². The van der Waals surface area contributed by atoms with Crippen molar-refractivity contribution in [2.75, 3.05) is 36.0 Å². The van der Waals surface area contributed by atoms with Gasteiger partial charge in [0, 0.05) is 36.8 Å². The average molecular weight is 446 g/mol. The number of benzene rings is 1. The van der Waals surface area contributed by atoms with Crippen molar-refractivity contribution in [1.29, 1.82) is 0 Å². The van der Waals surface area contributed by atoms with Gasteiger partial charge < -0.3 is 16.0 Å². The van der Waals surface area contributed by atoms with Crippen LogP contribution in [0.25, 0.3) is 0 Å². The summed E-state index contributed by atoms with van der Waals surface area (Å²) in [6.07, 6.45) is 4.03. The van der Waals surface area contributed by atoms with Gasteiger partial charge >= 0.3 is 0 Å². The van der Waals surface area contributed by atoms with Crippen LogP contribution in [0, 0.1) is 5.92 Å². The first kappa shape index (κ1) is 18.7. The number of nitrogens with one attached hydrogen (secondary N) is 1. The third-order valence-electron chi connectivity index (χ3n) is 4.54. The van der Waals surface area contributed by atoms with Crippen molar-refractivity contribution in [1.82, 2.24) is 5.32 Å². The molecule has 0 spiro atoms. The number of halogens is 1. The summed E-state index contributed by atoms with van der Waals surface area (Å²) in [7, 11) is 0. The fourth-order valence-electron chi connectivity index (χ4n) is 2.81. The van der Waals surface area contributed by atoms with Crippen molar-refractivity contribution in [2.24, 2.45) is 16.6 Å². The highest BCUT2D eigenvalue weighted by atomic mass is 127. The number of hydrogen-bond donors (Lipinski definition) is 2. The molecule has 0 bridgehead atoms. The van der Waals surface area contributed by atoms with Crippen LogP contribution in [0.5, 0.6) is 0 Å². The zero-order valence-corrected chi connectivity index (χ0v) is 16.7. The minimum atomic E-state index is 0. The smallest absolute Gasteiger partial charge is 0.188 e. The maximum absolute atomic E-state index is 5.92. The van der Waals surface area contributed by atoms with E-state index in [0.29, 0.717) is 12.5 Å². The molecule has 1 aromatic rings. The van der Waals surface area contributed by atoms with Crippen molar-refractivity contribution in [3.8, 4) is 0 Å². The lowest BCUT2D eigenvalue weighted by Gasteiger charge is -2.28. The molecule has 128 valence electrons. The second kappa shape index (κ2) is 9.61. The van der Waals surface area contributed by atoms with Crippen molar-refractivity contribution in [3.05, 3.63) is 29.8 Å². The lowest BCUT2D eigenvalue weighted by atomic mass is 9.85. The fourth-order valence-corrected chi connectivity index (χ4v) is 3.72. The molecule has 3 N–H and O–H groups in total. The average Bonchev–Trinajstić information content (AvgIpc) is 2.53. The molecule has 1 saturated carbocycles. The molecule has 6 heteroatoms. The van der Waals surface area contributed by atoms with Gasteiger partial charge in [-0.3, -0.25) is 0 Å². The number of aliphatic imine (C=N–C) groups is 1. The summed E-state index contributed by atoms with van der Waals surface area (Å²) in [6, 6.07) is 8.75. The van der Waals surface area contributed by atoms with Crippen LogP contribution < -0.4 is 16.0 Å². The maximum Gasteiger partial charge on any atom is 0.188 e. The summed E-state index contributed by atoms with van der Waals surface area (Å²) in [4.78, 5) is 6.89. The second-order valence-corrected chi connectivity index (χ2v) is 7.37. The van der Waals surface area contributed by atoms with Crippen LogP contribution in [0.4, 0.5) is 5.69 Å². The van der Waals surface area contributed by atoms with E-state index in [1.165, 1.54) is 42.0 Å². The Balaban J connectivity index is 0.00000192. The molecule has 4 nitrogen and oxygen atoms in total. The van der Waals surface area contributed by atoms with Crippen LogP contribution in [0.2, 0.25) is 0 Å². The first-order valence-corrected chi connectivity index (χ1v) is 9.42. The Morgan fingerprint density at radius 2 is 1.91 bits per heavy atom.